The Morgan fingerprint density at radius 3 is 0.765 bits per heavy atom. The Morgan fingerprint density at radius 2 is 0.676 bits per heavy atom. The fourth-order valence-electron chi connectivity index (χ4n) is 13.9. The van der Waals surface area contributed by atoms with Gasteiger partial charge in [0.25, 0.3) is 0 Å². The average molecular weight is 463 g/mol. The summed E-state index contributed by atoms with van der Waals surface area (Å²) in [5.41, 5.74) is 0. The summed E-state index contributed by atoms with van der Waals surface area (Å²) in [4.78, 5) is 9.84. The quantitative estimate of drug-likeness (QED) is 0.310. The Bertz CT molecular complexity index is 624. The van der Waals surface area contributed by atoms with Gasteiger partial charge in [-0.15, -0.1) is 0 Å². The minimum Gasteiger partial charge on any atom is -0.466 e. The second-order valence-electron chi connectivity index (χ2n) is 15.0. The number of ether oxygens (including phenoxy) is 1. The highest BCUT2D eigenvalue weighted by Crippen LogP contribution is 2.72. The lowest BCUT2D eigenvalue weighted by Crippen LogP contribution is -2.62. The van der Waals surface area contributed by atoms with Crippen molar-refractivity contribution in [3.8, 4) is 0 Å². The number of methoxy groups -OCH3 is 1. The van der Waals surface area contributed by atoms with E-state index >= 15 is 0 Å². The van der Waals surface area contributed by atoms with Crippen LogP contribution in [0.4, 0.5) is 0 Å². The van der Waals surface area contributed by atoms with E-state index in [2.05, 4.69) is 11.3 Å². The van der Waals surface area contributed by atoms with Crippen LogP contribution < -0.4 is 0 Å². The third kappa shape index (κ3) is 2.89. The first-order valence-corrected chi connectivity index (χ1v) is 15.3. The van der Waals surface area contributed by atoms with Crippen LogP contribution in [0, 0.1) is 94.7 Å². The fourth-order valence-corrected chi connectivity index (χ4v) is 13.9. The Labute approximate surface area is 207 Å². The molecule has 0 unspecified atom stereocenters. The van der Waals surface area contributed by atoms with E-state index in [4.69, 9.17) is 0 Å². The summed E-state index contributed by atoms with van der Waals surface area (Å²) in [6.45, 7) is 3.16. The van der Waals surface area contributed by atoms with Crippen molar-refractivity contribution in [2.75, 3.05) is 7.11 Å². The van der Waals surface area contributed by atoms with Crippen molar-refractivity contribution in [1.82, 2.24) is 0 Å². The van der Waals surface area contributed by atoms with E-state index in [1.165, 1.54) is 102 Å². The van der Waals surface area contributed by atoms with E-state index in [0.29, 0.717) is 0 Å². The zero-order valence-electron chi connectivity index (χ0n) is 21.3. The summed E-state index contributed by atoms with van der Waals surface area (Å²) in [5, 5.41) is 0. The Hall–Kier alpha value is -0.790. The molecule has 34 heavy (non-hydrogen) atoms. The fraction of sp³-hybridized carbons (Fsp3) is 0.906. The maximum absolute atomic E-state index is 9.84. The molecule has 0 heterocycles. The molecule has 0 N–H and O–H groups in total. The van der Waals surface area contributed by atoms with Gasteiger partial charge in [-0.3, -0.25) is 0 Å². The van der Waals surface area contributed by atoms with Crippen LogP contribution in [0.25, 0.3) is 0 Å². The van der Waals surface area contributed by atoms with Gasteiger partial charge in [-0.1, -0.05) is 6.58 Å². The molecule has 14 aliphatic rings. The normalized spacial score (nSPS) is 60.5. The average Bonchev–Trinajstić information content (AvgIpc) is 2.89. The number of esters is 1. The third-order valence-corrected chi connectivity index (χ3v) is 14.2. The highest BCUT2D eigenvalue weighted by molar-refractivity contribution is 5.80. The first-order chi connectivity index (χ1) is 16.6. The molecular weight excluding hydrogens is 416 g/mol. The highest BCUT2D eigenvalue weighted by atomic mass is 16.5. The summed E-state index contributed by atoms with van der Waals surface area (Å²) >= 11 is 0. The lowest BCUT2D eigenvalue weighted by atomic mass is 9.36. The van der Waals surface area contributed by atoms with Gasteiger partial charge in [0, 0.05) is 6.08 Å². The number of carbonyl (C=O) groups excluding carboxylic acids is 1. The zero-order valence-corrected chi connectivity index (χ0v) is 21.3. The molecule has 186 valence electrons. The maximum atomic E-state index is 9.84. The Kier molecular flexibility index (Phi) is 4.77. The largest absolute Gasteiger partial charge is 0.466 e. The van der Waals surface area contributed by atoms with Crippen molar-refractivity contribution in [2.24, 2.45) is 94.7 Å². The molecule has 0 amide bonds. The molecule has 0 atom stereocenters. The summed E-state index contributed by atoms with van der Waals surface area (Å²) in [6, 6.07) is 0. The molecule has 2 heteroatoms. The molecule has 0 spiro atoms. The van der Waals surface area contributed by atoms with Crippen LogP contribution in [0.5, 0.6) is 0 Å². The molecule has 2 nitrogen and oxygen atoms in total. The lowest BCUT2D eigenvalue weighted by Gasteiger charge is -2.69. The van der Waals surface area contributed by atoms with Crippen LogP contribution in [0.2, 0.25) is 0 Å². The molecule has 0 aliphatic heterocycles. The minimum absolute atomic E-state index is 0.394. The second kappa shape index (κ2) is 7.61. The van der Waals surface area contributed by atoms with E-state index in [0.717, 1.165) is 6.08 Å². The third-order valence-electron chi connectivity index (χ3n) is 14.2. The molecule has 0 saturated heterocycles. The Balaban J connectivity index is 0.0000000901. The molecule has 14 saturated carbocycles. The monoisotopic (exact) mass is 462 g/mol. The lowest BCUT2D eigenvalue weighted by molar-refractivity contribution is -0.202. The number of hydrogen-bond donors (Lipinski definition) is 0. The van der Waals surface area contributed by atoms with Crippen LogP contribution >= 0.6 is 0 Å². The van der Waals surface area contributed by atoms with Crippen molar-refractivity contribution in [2.45, 2.75) is 77.0 Å². The molecule has 0 aromatic heterocycles. The second-order valence-corrected chi connectivity index (χ2v) is 15.0. The molecule has 0 radical (unpaired) electrons. The molecule has 14 rings (SSSR count). The molecular formula is C32H46O2. The van der Waals surface area contributed by atoms with Crippen LogP contribution in [-0.4, -0.2) is 13.1 Å². The maximum Gasteiger partial charge on any atom is 0.329 e. The zero-order chi connectivity index (χ0) is 22.7. The van der Waals surface area contributed by atoms with E-state index in [1.54, 1.807) is 77.0 Å². The van der Waals surface area contributed by atoms with Gasteiger partial charge in [-0.05, 0) is 172 Å². The van der Waals surface area contributed by atoms with Gasteiger partial charge in [0.2, 0.25) is 0 Å². The predicted octanol–water partition coefficient (Wildman–Crippen LogP) is 6.99. The minimum atomic E-state index is -0.394. The van der Waals surface area contributed by atoms with E-state index in [1.807, 2.05) is 0 Å². The van der Waals surface area contributed by atoms with Gasteiger partial charge in [0.15, 0.2) is 0 Å². The van der Waals surface area contributed by atoms with Crippen molar-refractivity contribution in [3.05, 3.63) is 12.7 Å². The van der Waals surface area contributed by atoms with Gasteiger partial charge in [-0.25, -0.2) is 4.79 Å². The number of rotatable bonds is 1. The van der Waals surface area contributed by atoms with Crippen LogP contribution in [0.1, 0.15) is 77.0 Å². The van der Waals surface area contributed by atoms with Crippen molar-refractivity contribution in [3.63, 3.8) is 0 Å². The summed E-state index contributed by atoms with van der Waals surface area (Å²) < 4.78 is 4.14. The van der Waals surface area contributed by atoms with Gasteiger partial charge in [0.1, 0.15) is 0 Å². The van der Waals surface area contributed by atoms with E-state index in [9.17, 15) is 4.79 Å². The number of hydrogen-bond acceptors (Lipinski definition) is 2. The SMILES string of the molecule is C1C2CC3C4CC5CC(C14)C(C2)C3C5.C1C2CC3C4CC5CC(C14)C(C2)C3C5.C=CC(=O)OC. The van der Waals surface area contributed by atoms with Crippen LogP contribution in [0.3, 0.4) is 0 Å². The number of carbonyl (C=O) groups is 1. The first-order valence-electron chi connectivity index (χ1n) is 15.3. The molecule has 16 bridgehead atoms. The standard InChI is InChI=1S/2C14H20.C4H6O2/c2*1-7-2-12-10-4-8-5-11(9(1)10)13(3-7)14(12)6-8;1-3-4(5)6-2/h2*7-14H,1-6H2;3H,1H2,2H3. The van der Waals surface area contributed by atoms with Crippen LogP contribution in [0.15, 0.2) is 12.7 Å². The summed E-state index contributed by atoms with van der Waals surface area (Å²) in [5.74, 6) is 19.1. The van der Waals surface area contributed by atoms with Crippen LogP contribution in [-0.2, 0) is 9.53 Å². The van der Waals surface area contributed by atoms with Gasteiger partial charge in [0.05, 0.1) is 7.11 Å². The van der Waals surface area contributed by atoms with E-state index in [-0.39, 0.29) is 0 Å². The van der Waals surface area contributed by atoms with Gasteiger partial charge < -0.3 is 4.74 Å². The molecule has 14 fully saturated rings. The molecule has 14 aliphatic carbocycles. The van der Waals surface area contributed by atoms with Crippen molar-refractivity contribution in [1.29, 1.82) is 0 Å². The first kappa shape index (κ1) is 21.3. The van der Waals surface area contributed by atoms with E-state index < -0.39 is 5.97 Å². The topological polar surface area (TPSA) is 26.3 Å². The van der Waals surface area contributed by atoms with Crippen molar-refractivity contribution < 1.29 is 9.53 Å². The molecule has 0 aromatic rings. The highest BCUT2D eigenvalue weighted by Gasteiger charge is 2.64. The van der Waals surface area contributed by atoms with Gasteiger partial charge in [-0.2, -0.15) is 0 Å². The van der Waals surface area contributed by atoms with Crippen molar-refractivity contribution >= 4 is 5.97 Å². The smallest absolute Gasteiger partial charge is 0.329 e. The van der Waals surface area contributed by atoms with Gasteiger partial charge >= 0.3 is 5.97 Å². The predicted molar refractivity (Wildman–Crippen MR) is 133 cm³/mol. The summed E-state index contributed by atoms with van der Waals surface area (Å²) in [7, 11) is 1.31. The molecule has 0 aromatic carbocycles. The summed E-state index contributed by atoms with van der Waals surface area (Å²) in [6.07, 6.45) is 21.0. The Morgan fingerprint density at radius 1 is 0.500 bits per heavy atom.